The number of amides is 3. The normalized spacial score (nSPS) is 12.4. The Morgan fingerprint density at radius 3 is 2.23 bits per heavy atom. The van der Waals surface area contributed by atoms with E-state index in [9.17, 15) is 19.5 Å². The maximum absolute atomic E-state index is 13.3. The topological polar surface area (TPSA) is 147 Å². The highest BCUT2D eigenvalue weighted by Crippen LogP contribution is 2.16. The minimum Gasteiger partial charge on any atom is -0.497 e. The number of primary amides is 1. The summed E-state index contributed by atoms with van der Waals surface area (Å²) in [6.07, 6.45) is 2.83. The third-order valence-electron chi connectivity index (χ3n) is 7.18. The molecule has 5 N–H and O–H groups in total. The molecular formula is C34H46N4O6. The molecule has 0 saturated carbocycles. The van der Waals surface area contributed by atoms with Gasteiger partial charge in [0.05, 0.1) is 44.8 Å². The molecule has 3 rings (SSSR count). The Morgan fingerprint density at radius 2 is 1.61 bits per heavy atom. The lowest BCUT2D eigenvalue weighted by atomic mass is 9.98. The SMILES string of the molecule is CCCN(CCC)C(=O)Cc1cc(CC(N)=O)cc(CC(=O)N[C@@H](Cc2ccco2)[C@H](O)CNCc2cccc(OC)c2)c1. The molecule has 2 aromatic carbocycles. The first-order chi connectivity index (χ1) is 21.2. The molecule has 0 unspecified atom stereocenters. The van der Waals surface area contributed by atoms with E-state index in [1.54, 1.807) is 37.6 Å². The summed E-state index contributed by atoms with van der Waals surface area (Å²) < 4.78 is 10.8. The van der Waals surface area contributed by atoms with Crippen LogP contribution in [0, 0.1) is 0 Å². The van der Waals surface area contributed by atoms with Crippen LogP contribution in [0.3, 0.4) is 0 Å². The van der Waals surface area contributed by atoms with Gasteiger partial charge in [-0.3, -0.25) is 14.4 Å². The molecule has 0 spiro atoms. The number of nitrogens with zero attached hydrogens (tertiary/aromatic N) is 1. The molecule has 0 aliphatic carbocycles. The third-order valence-corrected chi connectivity index (χ3v) is 7.18. The van der Waals surface area contributed by atoms with Gasteiger partial charge in [0.1, 0.15) is 11.5 Å². The fourth-order valence-electron chi connectivity index (χ4n) is 5.20. The van der Waals surface area contributed by atoms with Gasteiger partial charge in [0, 0.05) is 32.6 Å². The number of furan rings is 1. The van der Waals surface area contributed by atoms with Crippen molar-refractivity contribution in [3.8, 4) is 5.75 Å². The van der Waals surface area contributed by atoms with E-state index in [0.29, 0.717) is 42.9 Å². The number of methoxy groups -OCH3 is 1. The molecule has 2 atom stereocenters. The van der Waals surface area contributed by atoms with Crippen LogP contribution >= 0.6 is 0 Å². The number of ether oxygens (including phenoxy) is 1. The highest BCUT2D eigenvalue weighted by Gasteiger charge is 2.23. The number of hydrogen-bond acceptors (Lipinski definition) is 7. The van der Waals surface area contributed by atoms with Crippen molar-refractivity contribution < 1.29 is 28.6 Å². The zero-order valence-corrected chi connectivity index (χ0v) is 26.0. The van der Waals surface area contributed by atoms with Crippen LogP contribution in [0.15, 0.2) is 65.3 Å². The van der Waals surface area contributed by atoms with Crippen molar-refractivity contribution in [2.75, 3.05) is 26.7 Å². The summed E-state index contributed by atoms with van der Waals surface area (Å²) in [6, 6.07) is 16.0. The summed E-state index contributed by atoms with van der Waals surface area (Å²) in [5, 5.41) is 17.3. The standard InChI is InChI=1S/C34H46N4O6/c1-4-11-38(12-5-2)34(42)20-27-15-25(18-32(35)40)14-26(16-27)19-33(41)37-30(21-29-10-7-13-44-29)31(39)23-36-22-24-8-6-9-28(17-24)43-3/h6-10,13-17,30-31,36,39H,4-5,11-12,18-23H2,1-3H3,(H2,35,40)(H,37,41)/t30-,31+/m0/s1. The quantitative estimate of drug-likeness (QED) is 0.164. The molecule has 0 aliphatic rings. The van der Waals surface area contributed by atoms with Crippen molar-refractivity contribution >= 4 is 17.7 Å². The van der Waals surface area contributed by atoms with E-state index in [0.717, 1.165) is 29.7 Å². The van der Waals surface area contributed by atoms with Gasteiger partial charge in [-0.25, -0.2) is 0 Å². The minimum atomic E-state index is -0.910. The third kappa shape index (κ3) is 11.5. The first-order valence-corrected chi connectivity index (χ1v) is 15.2. The van der Waals surface area contributed by atoms with Crippen LogP contribution in [0.2, 0.25) is 0 Å². The molecule has 1 aromatic heterocycles. The van der Waals surface area contributed by atoms with Crippen LogP contribution in [-0.4, -0.2) is 66.6 Å². The molecule has 44 heavy (non-hydrogen) atoms. The van der Waals surface area contributed by atoms with Crippen LogP contribution in [0.5, 0.6) is 5.75 Å². The second kappa shape index (κ2) is 17.8. The number of aliphatic hydroxyl groups excluding tert-OH is 1. The molecule has 3 aromatic rings. The van der Waals surface area contributed by atoms with E-state index < -0.39 is 18.1 Å². The zero-order chi connectivity index (χ0) is 31.9. The Balaban J connectivity index is 1.71. The molecule has 0 fully saturated rings. The Morgan fingerprint density at radius 1 is 0.932 bits per heavy atom. The number of aliphatic hydroxyl groups is 1. The van der Waals surface area contributed by atoms with Gasteiger partial charge in [-0.05, 0) is 59.4 Å². The smallest absolute Gasteiger partial charge is 0.226 e. The highest BCUT2D eigenvalue weighted by molar-refractivity contribution is 5.81. The zero-order valence-electron chi connectivity index (χ0n) is 26.0. The number of benzene rings is 2. The van der Waals surface area contributed by atoms with E-state index in [1.807, 2.05) is 49.1 Å². The maximum Gasteiger partial charge on any atom is 0.226 e. The van der Waals surface area contributed by atoms with Crippen molar-refractivity contribution in [1.82, 2.24) is 15.5 Å². The summed E-state index contributed by atoms with van der Waals surface area (Å²) in [4.78, 5) is 39.9. The van der Waals surface area contributed by atoms with Crippen LogP contribution in [-0.2, 0) is 46.6 Å². The van der Waals surface area contributed by atoms with Crippen molar-refractivity contribution in [1.29, 1.82) is 0 Å². The van der Waals surface area contributed by atoms with E-state index in [-0.39, 0.29) is 37.6 Å². The Labute approximate surface area is 260 Å². The summed E-state index contributed by atoms with van der Waals surface area (Å²) in [7, 11) is 1.61. The summed E-state index contributed by atoms with van der Waals surface area (Å²) >= 11 is 0. The molecule has 0 saturated heterocycles. The predicted octanol–water partition coefficient (Wildman–Crippen LogP) is 2.93. The van der Waals surface area contributed by atoms with Gasteiger partial charge >= 0.3 is 0 Å². The Kier molecular flexibility index (Phi) is 13.9. The molecule has 10 heteroatoms. The number of carbonyl (C=O) groups is 3. The Hall–Kier alpha value is -4.15. The van der Waals surface area contributed by atoms with E-state index in [2.05, 4.69) is 10.6 Å². The minimum absolute atomic E-state index is 0.0000396. The fourth-order valence-corrected chi connectivity index (χ4v) is 5.20. The van der Waals surface area contributed by atoms with Gasteiger partial charge in [0.2, 0.25) is 17.7 Å². The van der Waals surface area contributed by atoms with Gasteiger partial charge in [-0.2, -0.15) is 0 Å². The van der Waals surface area contributed by atoms with Crippen molar-refractivity contribution in [2.24, 2.45) is 5.73 Å². The first-order valence-electron chi connectivity index (χ1n) is 15.2. The number of nitrogens with two attached hydrogens (primary N) is 1. The van der Waals surface area contributed by atoms with Crippen LogP contribution < -0.4 is 21.1 Å². The molecule has 1 heterocycles. The van der Waals surface area contributed by atoms with Crippen molar-refractivity contribution in [3.05, 3.63) is 88.9 Å². The van der Waals surface area contributed by atoms with Gasteiger partial charge in [0.25, 0.3) is 0 Å². The van der Waals surface area contributed by atoms with Crippen LogP contribution in [0.4, 0.5) is 0 Å². The molecule has 0 aliphatic heterocycles. The van der Waals surface area contributed by atoms with E-state index >= 15 is 0 Å². The summed E-state index contributed by atoms with van der Waals surface area (Å²) in [5.41, 5.74) is 8.50. The predicted molar refractivity (Wildman–Crippen MR) is 169 cm³/mol. The lowest BCUT2D eigenvalue weighted by Crippen LogP contribution is -2.49. The number of rotatable bonds is 19. The molecular weight excluding hydrogens is 560 g/mol. The largest absolute Gasteiger partial charge is 0.497 e. The molecule has 0 radical (unpaired) electrons. The lowest BCUT2D eigenvalue weighted by molar-refractivity contribution is -0.130. The summed E-state index contributed by atoms with van der Waals surface area (Å²) in [5.74, 6) is 0.587. The van der Waals surface area contributed by atoms with Gasteiger partial charge < -0.3 is 35.5 Å². The van der Waals surface area contributed by atoms with Gasteiger partial charge in [-0.1, -0.05) is 44.2 Å². The van der Waals surface area contributed by atoms with E-state index in [1.165, 1.54) is 0 Å². The van der Waals surface area contributed by atoms with Gasteiger partial charge in [-0.15, -0.1) is 0 Å². The second-order valence-corrected chi connectivity index (χ2v) is 11.0. The average Bonchev–Trinajstić information content (AvgIpc) is 3.49. The number of carbonyl (C=O) groups excluding carboxylic acids is 3. The second-order valence-electron chi connectivity index (χ2n) is 11.0. The summed E-state index contributed by atoms with van der Waals surface area (Å²) in [6.45, 7) is 6.17. The van der Waals surface area contributed by atoms with E-state index in [4.69, 9.17) is 14.9 Å². The maximum atomic E-state index is 13.3. The van der Waals surface area contributed by atoms with Crippen LogP contribution in [0.25, 0.3) is 0 Å². The number of hydrogen-bond donors (Lipinski definition) is 4. The molecule has 3 amide bonds. The fraction of sp³-hybridized carbons (Fsp3) is 0.441. The molecule has 10 nitrogen and oxygen atoms in total. The average molecular weight is 607 g/mol. The monoisotopic (exact) mass is 606 g/mol. The highest BCUT2D eigenvalue weighted by atomic mass is 16.5. The van der Waals surface area contributed by atoms with Gasteiger partial charge in [0.15, 0.2) is 0 Å². The lowest BCUT2D eigenvalue weighted by Gasteiger charge is -2.24. The molecule has 238 valence electrons. The van der Waals surface area contributed by atoms with Crippen molar-refractivity contribution in [2.45, 2.75) is 71.1 Å². The molecule has 0 bridgehead atoms. The van der Waals surface area contributed by atoms with Crippen molar-refractivity contribution in [3.63, 3.8) is 0 Å². The first kappa shape index (κ1) is 34.3. The number of nitrogens with one attached hydrogen (secondary N) is 2. The Bertz CT molecular complexity index is 1340. The van der Waals surface area contributed by atoms with Crippen LogP contribution in [0.1, 0.15) is 54.7 Å².